The van der Waals surface area contributed by atoms with Crippen molar-refractivity contribution in [3.8, 4) is 17.2 Å². The Hall–Kier alpha value is -4.06. The molecule has 0 bridgehead atoms. The zero-order valence-electron chi connectivity index (χ0n) is 17.0. The zero-order valence-corrected chi connectivity index (χ0v) is 18.6. The van der Waals surface area contributed by atoms with Crippen molar-refractivity contribution in [2.45, 2.75) is 4.90 Å². The molecule has 0 saturated carbocycles. The topological polar surface area (TPSA) is 164 Å². The first kappa shape index (κ1) is 23.1. The molecule has 4 N–H and O–H groups in total. The van der Waals surface area contributed by atoms with Crippen LogP contribution in [0.25, 0.3) is 10.8 Å². The molecule has 4 rings (SSSR count). The summed E-state index contributed by atoms with van der Waals surface area (Å²) < 4.78 is 32.8. The number of azo groups is 2. The third-order valence-electron chi connectivity index (χ3n) is 4.68. The molecule has 10 nitrogen and oxygen atoms in total. The molecule has 0 aliphatic heterocycles. The van der Waals surface area contributed by atoms with E-state index in [9.17, 15) is 28.3 Å². The molecule has 0 aliphatic rings. The molecule has 0 aliphatic carbocycles. The maximum absolute atomic E-state index is 11.7. The van der Waals surface area contributed by atoms with Crippen molar-refractivity contribution in [2.24, 2.45) is 20.5 Å². The molecule has 4 aromatic rings. The van der Waals surface area contributed by atoms with Crippen LogP contribution in [-0.4, -0.2) is 28.3 Å². The third-order valence-corrected chi connectivity index (χ3v) is 5.83. The van der Waals surface area contributed by atoms with Gasteiger partial charge in [-0.2, -0.15) is 8.42 Å². The Morgan fingerprint density at radius 3 is 1.79 bits per heavy atom. The quantitative estimate of drug-likeness (QED) is 0.177. The summed E-state index contributed by atoms with van der Waals surface area (Å²) in [6, 6.07) is 15.3. The number of phenolic OH excluding ortho intramolecular Hbond substituents is 3. The Labute approximate surface area is 197 Å². The molecule has 34 heavy (non-hydrogen) atoms. The van der Waals surface area contributed by atoms with Gasteiger partial charge in [0.25, 0.3) is 10.1 Å². The van der Waals surface area contributed by atoms with Gasteiger partial charge in [0, 0.05) is 27.9 Å². The van der Waals surface area contributed by atoms with E-state index in [1.807, 2.05) is 0 Å². The van der Waals surface area contributed by atoms with Gasteiger partial charge in [-0.25, -0.2) is 0 Å². The fourth-order valence-electron chi connectivity index (χ4n) is 3.07. The Bertz CT molecular complexity index is 1590. The van der Waals surface area contributed by atoms with E-state index in [4.69, 9.17) is 11.6 Å². The third kappa shape index (κ3) is 4.81. The Morgan fingerprint density at radius 1 is 0.618 bits per heavy atom. The summed E-state index contributed by atoms with van der Waals surface area (Å²) in [6.07, 6.45) is 0. The van der Waals surface area contributed by atoms with Gasteiger partial charge in [-0.15, -0.1) is 20.5 Å². The van der Waals surface area contributed by atoms with Crippen LogP contribution in [0.5, 0.6) is 17.2 Å². The van der Waals surface area contributed by atoms with Crippen molar-refractivity contribution in [1.82, 2.24) is 0 Å². The first-order valence-corrected chi connectivity index (χ1v) is 11.3. The normalized spacial score (nSPS) is 12.2. The molecular weight excluding hydrogens is 484 g/mol. The van der Waals surface area contributed by atoms with Gasteiger partial charge in [-0.05, 0) is 30.3 Å². The Balaban J connectivity index is 1.73. The van der Waals surface area contributed by atoms with E-state index in [-0.39, 0.29) is 38.8 Å². The number of phenols is 3. The maximum Gasteiger partial charge on any atom is 0.295 e. The number of hydrogen-bond acceptors (Lipinski definition) is 9. The van der Waals surface area contributed by atoms with Gasteiger partial charge in [0.05, 0.1) is 5.69 Å². The molecule has 0 saturated heterocycles. The monoisotopic (exact) mass is 498 g/mol. The summed E-state index contributed by atoms with van der Waals surface area (Å²) >= 11 is 5.88. The van der Waals surface area contributed by atoms with Crippen LogP contribution >= 0.6 is 11.6 Å². The number of nitrogens with zero attached hydrogens (tertiary/aromatic N) is 4. The first-order chi connectivity index (χ1) is 16.1. The standard InChI is InChI=1S/C22H15ClN4O6S/c23-12-5-7-19(28)16(9-12)25-27-18-10-17(20(29)11-21(18)30)26-24-15-6-8-22(34(31,32)33)14-4-2-1-3-13(14)15/h1-11,28-30H,(H,31,32,33). The van der Waals surface area contributed by atoms with Crippen LogP contribution < -0.4 is 0 Å². The maximum atomic E-state index is 11.7. The number of benzene rings is 4. The SMILES string of the molecule is O=S(=O)(O)c1ccc(N=Nc2cc(N=Nc3cc(Cl)ccc3O)c(O)cc2O)c2ccccc12. The van der Waals surface area contributed by atoms with Gasteiger partial charge in [0.2, 0.25) is 0 Å². The van der Waals surface area contributed by atoms with Gasteiger partial charge >= 0.3 is 0 Å². The number of fused-ring (bicyclic) bond motifs is 1. The lowest BCUT2D eigenvalue weighted by molar-refractivity contribution is 0.452. The highest BCUT2D eigenvalue weighted by atomic mass is 35.5. The molecule has 12 heteroatoms. The molecule has 0 fully saturated rings. The van der Waals surface area contributed by atoms with Crippen LogP contribution in [0, 0.1) is 0 Å². The van der Waals surface area contributed by atoms with E-state index in [1.54, 1.807) is 18.2 Å². The summed E-state index contributed by atoms with van der Waals surface area (Å²) in [7, 11) is -4.45. The average molecular weight is 499 g/mol. The van der Waals surface area contributed by atoms with E-state index in [0.29, 0.717) is 10.4 Å². The van der Waals surface area contributed by atoms with Gasteiger partial charge in [-0.3, -0.25) is 4.55 Å². The van der Waals surface area contributed by atoms with E-state index in [1.165, 1.54) is 42.5 Å². The highest BCUT2D eigenvalue weighted by Gasteiger charge is 2.16. The van der Waals surface area contributed by atoms with Crippen LogP contribution in [0.3, 0.4) is 0 Å². The number of halogens is 1. The fraction of sp³-hybridized carbons (Fsp3) is 0. The minimum atomic E-state index is -4.45. The van der Waals surface area contributed by atoms with E-state index in [0.717, 1.165) is 6.07 Å². The van der Waals surface area contributed by atoms with Crippen LogP contribution in [0.2, 0.25) is 5.02 Å². The summed E-state index contributed by atoms with van der Waals surface area (Å²) in [5.74, 6) is -0.971. The number of hydrogen-bond donors (Lipinski definition) is 4. The Kier molecular flexibility index (Phi) is 6.16. The minimum absolute atomic E-state index is 0.0635. The lowest BCUT2D eigenvalue weighted by Gasteiger charge is -2.06. The zero-order chi connectivity index (χ0) is 24.5. The second kappa shape index (κ2) is 9.06. The first-order valence-electron chi connectivity index (χ1n) is 9.51. The predicted octanol–water partition coefficient (Wildman–Crippen LogP) is 6.69. The van der Waals surface area contributed by atoms with Gasteiger partial charge < -0.3 is 15.3 Å². The summed E-state index contributed by atoms with van der Waals surface area (Å²) in [5, 5.41) is 46.9. The largest absolute Gasteiger partial charge is 0.506 e. The Morgan fingerprint density at radius 2 is 1.18 bits per heavy atom. The van der Waals surface area contributed by atoms with Gasteiger partial charge in [-0.1, -0.05) is 35.9 Å². The molecular formula is C22H15ClN4O6S. The van der Waals surface area contributed by atoms with Gasteiger partial charge in [0.1, 0.15) is 39.2 Å². The number of aromatic hydroxyl groups is 3. The van der Waals surface area contributed by atoms with Crippen LogP contribution in [0.15, 0.2) is 92.1 Å². The summed E-state index contributed by atoms with van der Waals surface area (Å²) in [6.45, 7) is 0. The highest BCUT2D eigenvalue weighted by molar-refractivity contribution is 7.86. The molecule has 0 radical (unpaired) electrons. The molecule has 0 aromatic heterocycles. The molecule has 0 atom stereocenters. The van der Waals surface area contributed by atoms with Crippen LogP contribution in [0.1, 0.15) is 0 Å². The lowest BCUT2D eigenvalue weighted by Crippen LogP contribution is -1.98. The molecule has 0 unspecified atom stereocenters. The van der Waals surface area contributed by atoms with Crippen molar-refractivity contribution >= 4 is 55.2 Å². The summed E-state index contributed by atoms with van der Waals surface area (Å²) in [4.78, 5) is -0.276. The molecule has 0 amide bonds. The highest BCUT2D eigenvalue weighted by Crippen LogP contribution is 2.41. The molecule has 172 valence electrons. The molecule has 0 spiro atoms. The van der Waals surface area contributed by atoms with E-state index in [2.05, 4.69) is 20.5 Å². The van der Waals surface area contributed by atoms with Crippen molar-refractivity contribution in [2.75, 3.05) is 0 Å². The average Bonchev–Trinajstić information content (AvgIpc) is 2.79. The van der Waals surface area contributed by atoms with E-state index >= 15 is 0 Å². The van der Waals surface area contributed by atoms with Crippen molar-refractivity contribution in [1.29, 1.82) is 0 Å². The van der Waals surface area contributed by atoms with Crippen LogP contribution in [0.4, 0.5) is 22.7 Å². The second-order valence-electron chi connectivity index (χ2n) is 6.97. The fourth-order valence-corrected chi connectivity index (χ4v) is 3.94. The minimum Gasteiger partial charge on any atom is -0.506 e. The smallest absolute Gasteiger partial charge is 0.295 e. The van der Waals surface area contributed by atoms with Crippen molar-refractivity contribution in [3.63, 3.8) is 0 Å². The summed E-state index contributed by atoms with van der Waals surface area (Å²) in [5.41, 5.74) is 0.193. The second-order valence-corrected chi connectivity index (χ2v) is 8.79. The van der Waals surface area contributed by atoms with Crippen molar-refractivity contribution in [3.05, 3.63) is 71.8 Å². The lowest BCUT2D eigenvalue weighted by atomic mass is 10.1. The molecule has 4 aromatic carbocycles. The van der Waals surface area contributed by atoms with Gasteiger partial charge in [0.15, 0.2) is 0 Å². The number of rotatable bonds is 5. The van der Waals surface area contributed by atoms with E-state index < -0.39 is 21.6 Å². The van der Waals surface area contributed by atoms with Crippen molar-refractivity contribution < 1.29 is 28.3 Å². The molecule has 0 heterocycles. The predicted molar refractivity (Wildman–Crippen MR) is 125 cm³/mol. The van der Waals surface area contributed by atoms with Crippen LogP contribution in [-0.2, 0) is 10.1 Å².